The standard InChI is InChI=1S/C15H10ClN3O4/c1-8-4-11(19(21)22)7-17-14(8)18-15(20)13-6-9-5-10(16)2-3-12(9)23-13/h2-7H,1H3,(H,17,18,20). The van der Waals surface area contributed by atoms with Gasteiger partial charge in [-0.2, -0.15) is 0 Å². The van der Waals surface area contributed by atoms with Gasteiger partial charge in [0.2, 0.25) is 0 Å². The van der Waals surface area contributed by atoms with Crippen molar-refractivity contribution in [2.24, 2.45) is 0 Å². The molecular formula is C15H10ClN3O4. The van der Waals surface area contributed by atoms with Gasteiger partial charge >= 0.3 is 0 Å². The molecule has 0 saturated heterocycles. The molecule has 8 heteroatoms. The average molecular weight is 332 g/mol. The van der Waals surface area contributed by atoms with Gasteiger partial charge in [0.1, 0.15) is 17.6 Å². The maximum absolute atomic E-state index is 12.2. The van der Waals surface area contributed by atoms with E-state index in [1.54, 1.807) is 31.2 Å². The molecule has 0 unspecified atom stereocenters. The van der Waals surface area contributed by atoms with Crippen molar-refractivity contribution in [3.8, 4) is 0 Å². The van der Waals surface area contributed by atoms with Gasteiger partial charge < -0.3 is 9.73 Å². The molecule has 3 aromatic rings. The monoisotopic (exact) mass is 331 g/mol. The van der Waals surface area contributed by atoms with Gasteiger partial charge in [-0.15, -0.1) is 0 Å². The van der Waals surface area contributed by atoms with Gasteiger partial charge in [0.05, 0.1) is 4.92 Å². The number of nitrogens with one attached hydrogen (secondary N) is 1. The van der Waals surface area contributed by atoms with E-state index in [-0.39, 0.29) is 17.3 Å². The number of aromatic nitrogens is 1. The van der Waals surface area contributed by atoms with Crippen LogP contribution < -0.4 is 5.32 Å². The van der Waals surface area contributed by atoms with Crippen LogP contribution in [0.2, 0.25) is 5.02 Å². The van der Waals surface area contributed by atoms with E-state index in [0.717, 1.165) is 6.20 Å². The minimum Gasteiger partial charge on any atom is -0.451 e. The fourth-order valence-electron chi connectivity index (χ4n) is 2.09. The van der Waals surface area contributed by atoms with E-state index in [0.29, 0.717) is 21.6 Å². The summed E-state index contributed by atoms with van der Waals surface area (Å²) in [5, 5.41) is 14.5. The molecule has 0 aliphatic carbocycles. The van der Waals surface area contributed by atoms with Gasteiger partial charge in [-0.05, 0) is 36.8 Å². The van der Waals surface area contributed by atoms with E-state index in [2.05, 4.69) is 10.3 Å². The van der Waals surface area contributed by atoms with Crippen LogP contribution in [0.1, 0.15) is 16.1 Å². The smallest absolute Gasteiger partial charge is 0.292 e. The SMILES string of the molecule is Cc1cc([N+](=O)[O-])cnc1NC(=O)c1cc2cc(Cl)ccc2o1. The Morgan fingerprint density at radius 1 is 1.35 bits per heavy atom. The first kappa shape index (κ1) is 15.0. The fourth-order valence-corrected chi connectivity index (χ4v) is 2.27. The van der Waals surface area contributed by atoms with Crippen molar-refractivity contribution < 1.29 is 14.1 Å². The topological polar surface area (TPSA) is 98.3 Å². The Labute approximate surface area is 135 Å². The number of benzene rings is 1. The highest BCUT2D eigenvalue weighted by molar-refractivity contribution is 6.31. The summed E-state index contributed by atoms with van der Waals surface area (Å²) in [4.78, 5) is 26.3. The van der Waals surface area contributed by atoms with Crippen LogP contribution in [-0.2, 0) is 0 Å². The Hall–Kier alpha value is -2.93. The number of fused-ring (bicyclic) bond motifs is 1. The molecule has 0 saturated carbocycles. The zero-order chi connectivity index (χ0) is 16.6. The Kier molecular flexibility index (Phi) is 3.71. The van der Waals surface area contributed by atoms with E-state index in [4.69, 9.17) is 16.0 Å². The molecule has 0 bridgehead atoms. The highest BCUT2D eigenvalue weighted by atomic mass is 35.5. The highest BCUT2D eigenvalue weighted by Gasteiger charge is 2.16. The minimum atomic E-state index is -0.547. The van der Waals surface area contributed by atoms with Crippen LogP contribution in [-0.4, -0.2) is 15.8 Å². The van der Waals surface area contributed by atoms with Crippen LogP contribution in [0.5, 0.6) is 0 Å². The van der Waals surface area contributed by atoms with Gasteiger partial charge in [0.15, 0.2) is 5.76 Å². The lowest BCUT2D eigenvalue weighted by Crippen LogP contribution is -2.13. The van der Waals surface area contributed by atoms with Crippen molar-refractivity contribution in [2.75, 3.05) is 5.32 Å². The Bertz CT molecular complexity index is 936. The van der Waals surface area contributed by atoms with Crippen LogP contribution in [0.4, 0.5) is 11.5 Å². The van der Waals surface area contributed by atoms with E-state index in [1.807, 2.05) is 0 Å². The molecule has 1 amide bonds. The molecule has 0 fully saturated rings. The molecule has 0 aliphatic heterocycles. The number of rotatable bonds is 3. The normalized spacial score (nSPS) is 10.7. The number of anilines is 1. The molecule has 1 aromatic carbocycles. The lowest BCUT2D eigenvalue weighted by molar-refractivity contribution is -0.385. The summed E-state index contributed by atoms with van der Waals surface area (Å²) in [5.41, 5.74) is 0.874. The third-order valence-electron chi connectivity index (χ3n) is 3.21. The zero-order valence-corrected chi connectivity index (χ0v) is 12.6. The van der Waals surface area contributed by atoms with Gasteiger partial charge in [-0.25, -0.2) is 4.98 Å². The largest absolute Gasteiger partial charge is 0.451 e. The lowest BCUT2D eigenvalue weighted by atomic mass is 10.2. The maximum atomic E-state index is 12.2. The predicted molar refractivity (Wildman–Crippen MR) is 84.8 cm³/mol. The maximum Gasteiger partial charge on any atom is 0.292 e. The number of hydrogen-bond donors (Lipinski definition) is 1. The number of hydrogen-bond acceptors (Lipinski definition) is 5. The molecule has 23 heavy (non-hydrogen) atoms. The number of amides is 1. The molecule has 0 radical (unpaired) electrons. The van der Waals surface area contributed by atoms with E-state index >= 15 is 0 Å². The summed E-state index contributed by atoms with van der Waals surface area (Å²) in [6, 6.07) is 7.92. The molecule has 0 atom stereocenters. The number of halogens is 1. The molecule has 116 valence electrons. The van der Waals surface area contributed by atoms with Gasteiger partial charge in [0, 0.05) is 16.5 Å². The second-order valence-electron chi connectivity index (χ2n) is 4.86. The number of pyridine rings is 1. The molecule has 3 rings (SSSR count). The van der Waals surface area contributed by atoms with Crippen molar-refractivity contribution in [2.45, 2.75) is 6.92 Å². The van der Waals surface area contributed by atoms with Gasteiger partial charge in [-0.1, -0.05) is 11.6 Å². The summed E-state index contributed by atoms with van der Waals surface area (Å²) < 4.78 is 5.45. The van der Waals surface area contributed by atoms with Crippen molar-refractivity contribution in [3.05, 3.63) is 63.0 Å². The molecule has 2 aromatic heterocycles. The number of aryl methyl sites for hydroxylation is 1. The average Bonchev–Trinajstić information content (AvgIpc) is 2.92. The molecule has 0 aliphatic rings. The van der Waals surface area contributed by atoms with Gasteiger partial charge in [0.25, 0.3) is 11.6 Å². The lowest BCUT2D eigenvalue weighted by Gasteiger charge is -2.05. The highest BCUT2D eigenvalue weighted by Crippen LogP contribution is 2.24. The summed E-state index contributed by atoms with van der Waals surface area (Å²) in [6.07, 6.45) is 1.08. The summed E-state index contributed by atoms with van der Waals surface area (Å²) in [6.45, 7) is 1.62. The first-order valence-electron chi connectivity index (χ1n) is 6.55. The summed E-state index contributed by atoms with van der Waals surface area (Å²) >= 11 is 5.89. The van der Waals surface area contributed by atoms with Crippen LogP contribution in [0, 0.1) is 17.0 Å². The first-order chi connectivity index (χ1) is 10.9. The van der Waals surface area contributed by atoms with Crippen LogP contribution in [0.3, 0.4) is 0 Å². The first-order valence-corrected chi connectivity index (χ1v) is 6.93. The number of furan rings is 1. The van der Waals surface area contributed by atoms with Crippen molar-refractivity contribution in [1.29, 1.82) is 0 Å². The third-order valence-corrected chi connectivity index (χ3v) is 3.44. The van der Waals surface area contributed by atoms with E-state index in [9.17, 15) is 14.9 Å². The number of carbonyl (C=O) groups is 1. The van der Waals surface area contributed by atoms with Crippen molar-refractivity contribution in [3.63, 3.8) is 0 Å². The van der Waals surface area contributed by atoms with Crippen molar-refractivity contribution in [1.82, 2.24) is 4.98 Å². The van der Waals surface area contributed by atoms with Crippen molar-refractivity contribution >= 4 is 40.0 Å². The molecule has 1 N–H and O–H groups in total. The fraction of sp³-hybridized carbons (Fsp3) is 0.0667. The Balaban J connectivity index is 1.87. The number of carbonyl (C=O) groups excluding carboxylic acids is 1. The molecule has 0 spiro atoms. The zero-order valence-electron chi connectivity index (χ0n) is 11.9. The van der Waals surface area contributed by atoms with E-state index in [1.165, 1.54) is 6.07 Å². The second-order valence-corrected chi connectivity index (χ2v) is 5.30. The molecular weight excluding hydrogens is 322 g/mol. The second kappa shape index (κ2) is 5.69. The quantitative estimate of drug-likeness (QED) is 0.578. The Morgan fingerprint density at radius 2 is 2.13 bits per heavy atom. The third kappa shape index (κ3) is 3.00. The molecule has 7 nitrogen and oxygen atoms in total. The molecule has 2 heterocycles. The number of nitro groups is 1. The summed E-state index contributed by atoms with van der Waals surface area (Å²) in [5.74, 6) is -0.164. The van der Waals surface area contributed by atoms with Crippen LogP contribution in [0.25, 0.3) is 11.0 Å². The summed E-state index contributed by atoms with van der Waals surface area (Å²) in [7, 11) is 0. The Morgan fingerprint density at radius 3 is 2.83 bits per heavy atom. The van der Waals surface area contributed by atoms with Crippen LogP contribution in [0.15, 0.2) is 40.9 Å². The minimum absolute atomic E-state index is 0.0989. The van der Waals surface area contributed by atoms with E-state index < -0.39 is 10.8 Å². The van der Waals surface area contributed by atoms with Crippen LogP contribution >= 0.6 is 11.6 Å². The predicted octanol–water partition coefficient (Wildman–Crippen LogP) is 3.95. The van der Waals surface area contributed by atoms with Gasteiger partial charge in [-0.3, -0.25) is 14.9 Å². The number of nitrogens with zero attached hydrogens (tertiary/aromatic N) is 2.